The van der Waals surface area contributed by atoms with Crippen LogP contribution in [0.3, 0.4) is 0 Å². The van der Waals surface area contributed by atoms with Crippen molar-refractivity contribution in [1.82, 2.24) is 10.6 Å². The first-order valence-electron chi connectivity index (χ1n) is 10.4. The molecule has 3 rings (SSSR count). The van der Waals surface area contributed by atoms with Gasteiger partial charge in [0.15, 0.2) is 15.8 Å². The summed E-state index contributed by atoms with van der Waals surface area (Å²) in [6, 6.07) is 0.463. The third kappa shape index (κ3) is 8.04. The van der Waals surface area contributed by atoms with Crippen LogP contribution in [0.15, 0.2) is 4.99 Å². The quantitative estimate of drug-likeness (QED) is 0.336. The van der Waals surface area contributed by atoms with E-state index in [4.69, 9.17) is 9.73 Å². The van der Waals surface area contributed by atoms with Gasteiger partial charge < -0.3 is 15.4 Å². The van der Waals surface area contributed by atoms with E-state index in [9.17, 15) is 8.42 Å². The highest BCUT2D eigenvalue weighted by Gasteiger charge is 2.28. The molecule has 0 aromatic heterocycles. The summed E-state index contributed by atoms with van der Waals surface area (Å²) in [5, 5.41) is 7.07. The summed E-state index contributed by atoms with van der Waals surface area (Å²) in [5.41, 5.74) is 0. The van der Waals surface area contributed by atoms with Gasteiger partial charge >= 0.3 is 0 Å². The standard InChI is InChI=1S/C19H35N3O3S.HI/c1-15-5-4-6-17(11-15)22-19(21-13-18-7-2-3-9-25-18)20-12-16-8-10-26(23,24)14-16;/h15-18H,2-14H2,1H3,(H2,20,21,22);1H. The Kier molecular flexibility index (Phi) is 9.61. The molecule has 1 aliphatic carbocycles. The lowest BCUT2D eigenvalue weighted by atomic mass is 9.87. The fourth-order valence-corrected chi connectivity index (χ4v) is 6.18. The molecule has 0 radical (unpaired) electrons. The zero-order valence-corrected chi connectivity index (χ0v) is 19.6. The molecule has 4 unspecified atom stereocenters. The van der Waals surface area contributed by atoms with Gasteiger partial charge in [-0.05, 0) is 50.4 Å². The molecule has 2 heterocycles. The summed E-state index contributed by atoms with van der Waals surface area (Å²) < 4.78 is 29.2. The van der Waals surface area contributed by atoms with Crippen LogP contribution < -0.4 is 10.6 Å². The van der Waals surface area contributed by atoms with Crippen LogP contribution in [-0.4, -0.2) is 57.7 Å². The highest BCUT2D eigenvalue weighted by atomic mass is 127. The third-order valence-electron chi connectivity index (χ3n) is 5.88. The van der Waals surface area contributed by atoms with Gasteiger partial charge in [0.25, 0.3) is 0 Å². The van der Waals surface area contributed by atoms with Crippen LogP contribution in [0.4, 0.5) is 0 Å². The van der Waals surface area contributed by atoms with Crippen molar-refractivity contribution >= 4 is 39.8 Å². The fraction of sp³-hybridized carbons (Fsp3) is 0.947. The van der Waals surface area contributed by atoms with Crippen LogP contribution in [-0.2, 0) is 14.6 Å². The number of ether oxygens (including phenoxy) is 1. The van der Waals surface area contributed by atoms with Gasteiger partial charge in [-0.25, -0.2) is 8.42 Å². The van der Waals surface area contributed by atoms with Crippen LogP contribution in [0.25, 0.3) is 0 Å². The highest BCUT2D eigenvalue weighted by Crippen LogP contribution is 2.23. The van der Waals surface area contributed by atoms with E-state index in [2.05, 4.69) is 17.6 Å². The smallest absolute Gasteiger partial charge is 0.191 e. The van der Waals surface area contributed by atoms with E-state index < -0.39 is 9.84 Å². The minimum absolute atomic E-state index is 0. The average Bonchev–Trinajstić information content (AvgIpc) is 2.97. The number of hydrogen-bond acceptors (Lipinski definition) is 4. The summed E-state index contributed by atoms with van der Waals surface area (Å²) in [5.74, 6) is 2.36. The molecule has 2 N–H and O–H groups in total. The van der Waals surface area contributed by atoms with Crippen molar-refractivity contribution in [3.8, 4) is 0 Å². The Morgan fingerprint density at radius 2 is 2.00 bits per heavy atom. The maximum absolute atomic E-state index is 11.7. The molecular weight excluding hydrogens is 477 g/mol. The predicted molar refractivity (Wildman–Crippen MR) is 121 cm³/mol. The Morgan fingerprint density at radius 1 is 1.15 bits per heavy atom. The largest absolute Gasteiger partial charge is 0.376 e. The van der Waals surface area contributed by atoms with Gasteiger partial charge in [-0.1, -0.05) is 19.8 Å². The Hall–Kier alpha value is -0.0900. The molecule has 8 heteroatoms. The fourth-order valence-electron chi connectivity index (χ4n) is 4.33. The molecule has 0 bridgehead atoms. The van der Waals surface area contributed by atoms with E-state index in [-0.39, 0.29) is 41.8 Å². The minimum Gasteiger partial charge on any atom is -0.376 e. The summed E-state index contributed by atoms with van der Waals surface area (Å²) in [6.07, 6.45) is 9.42. The number of guanidine groups is 1. The number of hydrogen-bond donors (Lipinski definition) is 2. The molecule has 0 aromatic carbocycles. The van der Waals surface area contributed by atoms with Gasteiger partial charge in [-0.2, -0.15) is 0 Å². The second-order valence-electron chi connectivity index (χ2n) is 8.44. The lowest BCUT2D eigenvalue weighted by Crippen LogP contribution is -2.48. The van der Waals surface area contributed by atoms with Crippen molar-refractivity contribution in [3.05, 3.63) is 0 Å². The van der Waals surface area contributed by atoms with Crippen molar-refractivity contribution in [2.24, 2.45) is 16.8 Å². The Morgan fingerprint density at radius 3 is 2.67 bits per heavy atom. The van der Waals surface area contributed by atoms with E-state index in [0.717, 1.165) is 44.3 Å². The molecule has 0 amide bonds. The lowest BCUT2D eigenvalue weighted by molar-refractivity contribution is 0.0194. The van der Waals surface area contributed by atoms with Crippen LogP contribution >= 0.6 is 24.0 Å². The van der Waals surface area contributed by atoms with E-state index in [1.165, 1.54) is 32.1 Å². The van der Waals surface area contributed by atoms with Crippen LogP contribution in [0.1, 0.15) is 58.3 Å². The third-order valence-corrected chi connectivity index (χ3v) is 7.72. The van der Waals surface area contributed by atoms with Gasteiger partial charge in [-0.15, -0.1) is 24.0 Å². The van der Waals surface area contributed by atoms with Crippen molar-refractivity contribution in [2.45, 2.75) is 70.4 Å². The number of sulfone groups is 1. The van der Waals surface area contributed by atoms with Crippen LogP contribution in [0, 0.1) is 11.8 Å². The number of nitrogens with zero attached hydrogens (tertiary/aromatic N) is 1. The zero-order valence-electron chi connectivity index (χ0n) is 16.5. The normalized spacial score (nSPS) is 33.9. The van der Waals surface area contributed by atoms with E-state index in [0.29, 0.717) is 18.3 Å². The minimum atomic E-state index is -2.84. The van der Waals surface area contributed by atoms with Gasteiger partial charge in [0.1, 0.15) is 0 Å². The second-order valence-corrected chi connectivity index (χ2v) is 10.7. The molecule has 3 fully saturated rings. The number of aliphatic imine (C=N–C) groups is 1. The molecular formula is C19H36IN3O3S. The first-order valence-corrected chi connectivity index (χ1v) is 12.2. The summed E-state index contributed by atoms with van der Waals surface area (Å²) in [6.45, 7) is 4.53. The molecule has 4 atom stereocenters. The molecule has 3 aliphatic rings. The first-order chi connectivity index (χ1) is 12.5. The first kappa shape index (κ1) is 23.2. The molecule has 27 heavy (non-hydrogen) atoms. The molecule has 2 aliphatic heterocycles. The zero-order chi connectivity index (χ0) is 18.4. The highest BCUT2D eigenvalue weighted by molar-refractivity contribution is 14.0. The summed E-state index contributed by atoms with van der Waals surface area (Å²) >= 11 is 0. The Labute approximate surface area is 181 Å². The van der Waals surface area contributed by atoms with Crippen molar-refractivity contribution < 1.29 is 13.2 Å². The molecule has 2 saturated heterocycles. The van der Waals surface area contributed by atoms with E-state index in [1.54, 1.807) is 0 Å². The van der Waals surface area contributed by atoms with Gasteiger partial charge in [0, 0.05) is 25.7 Å². The van der Waals surface area contributed by atoms with Crippen molar-refractivity contribution in [2.75, 3.05) is 31.2 Å². The molecule has 158 valence electrons. The van der Waals surface area contributed by atoms with Gasteiger partial charge in [-0.3, -0.25) is 4.99 Å². The number of halogens is 1. The molecule has 0 spiro atoms. The lowest BCUT2D eigenvalue weighted by Gasteiger charge is -2.30. The Bertz CT molecular complexity index is 579. The average molecular weight is 513 g/mol. The maximum atomic E-state index is 11.7. The maximum Gasteiger partial charge on any atom is 0.191 e. The van der Waals surface area contributed by atoms with Crippen molar-refractivity contribution in [3.63, 3.8) is 0 Å². The monoisotopic (exact) mass is 513 g/mol. The predicted octanol–water partition coefficient (Wildman–Crippen LogP) is 2.72. The molecule has 6 nitrogen and oxygen atoms in total. The van der Waals surface area contributed by atoms with Crippen LogP contribution in [0.2, 0.25) is 0 Å². The molecule has 1 saturated carbocycles. The van der Waals surface area contributed by atoms with Gasteiger partial charge in [0.05, 0.1) is 17.6 Å². The summed E-state index contributed by atoms with van der Waals surface area (Å²) in [4.78, 5) is 4.75. The van der Waals surface area contributed by atoms with E-state index in [1.807, 2.05) is 0 Å². The topological polar surface area (TPSA) is 79.8 Å². The number of nitrogens with one attached hydrogen (secondary N) is 2. The van der Waals surface area contributed by atoms with Crippen molar-refractivity contribution in [1.29, 1.82) is 0 Å². The van der Waals surface area contributed by atoms with E-state index >= 15 is 0 Å². The SMILES string of the molecule is CC1CCCC(NC(=NCC2CCS(=O)(=O)C2)NCC2CCCCO2)C1.I. The summed E-state index contributed by atoms with van der Waals surface area (Å²) in [7, 11) is -2.84. The Balaban J connectivity index is 0.00000261. The second kappa shape index (κ2) is 11.2. The van der Waals surface area contributed by atoms with Gasteiger partial charge in [0.2, 0.25) is 0 Å². The number of rotatable bonds is 5. The molecule has 0 aromatic rings. The van der Waals surface area contributed by atoms with Crippen LogP contribution in [0.5, 0.6) is 0 Å².